The van der Waals surface area contributed by atoms with E-state index in [4.69, 9.17) is 0 Å². The Kier molecular flexibility index (Phi) is 6.88. The molecular formula is C26H30N2OS. The molecule has 4 heteroatoms. The average Bonchev–Trinajstić information content (AvgIpc) is 2.76. The summed E-state index contributed by atoms with van der Waals surface area (Å²) in [5.74, 6) is 0.794. The van der Waals surface area contributed by atoms with Crippen LogP contribution in [-0.4, -0.2) is 24.5 Å². The van der Waals surface area contributed by atoms with Crippen LogP contribution in [0.25, 0.3) is 5.57 Å². The molecule has 2 aromatic rings. The zero-order valence-electron chi connectivity index (χ0n) is 18.2. The maximum Gasteiger partial charge on any atom is 0.185 e. The van der Waals surface area contributed by atoms with Crippen molar-refractivity contribution in [1.29, 1.82) is 0 Å². The number of benzene rings is 2. The van der Waals surface area contributed by atoms with Gasteiger partial charge >= 0.3 is 0 Å². The molecule has 0 fully saturated rings. The van der Waals surface area contributed by atoms with Crippen molar-refractivity contribution in [3.8, 4) is 0 Å². The van der Waals surface area contributed by atoms with Gasteiger partial charge in [-0.15, -0.1) is 0 Å². The number of para-hydroxylation sites is 1. The van der Waals surface area contributed by atoms with Crippen molar-refractivity contribution in [2.45, 2.75) is 26.2 Å². The third-order valence-corrected chi connectivity index (χ3v) is 6.40. The van der Waals surface area contributed by atoms with Crippen molar-refractivity contribution in [2.75, 3.05) is 29.6 Å². The second kappa shape index (κ2) is 9.40. The third-order valence-electron chi connectivity index (χ3n) is 5.61. The van der Waals surface area contributed by atoms with Crippen molar-refractivity contribution in [1.82, 2.24) is 0 Å². The van der Waals surface area contributed by atoms with Crippen molar-refractivity contribution in [3.05, 3.63) is 90.2 Å². The van der Waals surface area contributed by atoms with Crippen LogP contribution in [0.4, 0.5) is 11.4 Å². The van der Waals surface area contributed by atoms with Crippen LogP contribution >= 0.6 is 11.8 Å². The molecule has 0 unspecified atom stereocenters. The van der Waals surface area contributed by atoms with Gasteiger partial charge in [0.2, 0.25) is 0 Å². The van der Waals surface area contributed by atoms with E-state index in [1.165, 1.54) is 17.3 Å². The Morgan fingerprint density at radius 3 is 2.53 bits per heavy atom. The molecule has 0 atom stereocenters. The molecule has 2 aromatic carbocycles. The fourth-order valence-corrected chi connectivity index (χ4v) is 4.16. The Balaban J connectivity index is 1.83. The molecule has 0 radical (unpaired) electrons. The minimum atomic E-state index is -0.185. The molecule has 0 saturated heterocycles. The molecule has 30 heavy (non-hydrogen) atoms. The van der Waals surface area contributed by atoms with Crippen LogP contribution in [-0.2, 0) is 10.2 Å². The summed E-state index contributed by atoms with van der Waals surface area (Å²) in [6.45, 7) is 11.3. The van der Waals surface area contributed by atoms with Crippen LogP contribution in [0.3, 0.4) is 0 Å². The average molecular weight is 419 g/mol. The lowest BCUT2D eigenvalue weighted by atomic mass is 9.76. The van der Waals surface area contributed by atoms with Crippen LogP contribution in [0, 0.1) is 0 Å². The number of fused-ring (bicyclic) bond motifs is 1. The summed E-state index contributed by atoms with van der Waals surface area (Å²) < 4.78 is 0. The molecule has 0 spiro atoms. The monoisotopic (exact) mass is 418 g/mol. The van der Waals surface area contributed by atoms with Gasteiger partial charge in [-0.05, 0) is 46.5 Å². The number of nitrogens with zero attached hydrogens (tertiary/aromatic N) is 1. The number of thioether (sulfide) groups is 1. The normalized spacial score (nSPS) is 18.0. The van der Waals surface area contributed by atoms with E-state index in [2.05, 4.69) is 98.4 Å². The fraction of sp³-hybridized carbons (Fsp3) is 0.269. The predicted molar refractivity (Wildman–Crippen MR) is 132 cm³/mol. The lowest BCUT2D eigenvalue weighted by molar-refractivity contribution is -0.109. The van der Waals surface area contributed by atoms with E-state index in [9.17, 15) is 4.79 Å². The highest BCUT2D eigenvalue weighted by atomic mass is 32.2. The van der Waals surface area contributed by atoms with Gasteiger partial charge in [0.05, 0.1) is 0 Å². The first-order chi connectivity index (χ1) is 14.3. The van der Waals surface area contributed by atoms with E-state index in [-0.39, 0.29) is 10.5 Å². The number of rotatable bonds is 5. The summed E-state index contributed by atoms with van der Waals surface area (Å²) in [6, 6.07) is 16.9. The number of carbonyl (C=O) groups excluding carboxylic acids is 1. The van der Waals surface area contributed by atoms with Crippen LogP contribution in [0.2, 0.25) is 0 Å². The van der Waals surface area contributed by atoms with E-state index in [0.717, 1.165) is 40.4 Å². The lowest BCUT2D eigenvalue weighted by Crippen LogP contribution is -2.20. The number of anilines is 2. The Morgan fingerprint density at radius 2 is 1.83 bits per heavy atom. The molecule has 0 aromatic heterocycles. The lowest BCUT2D eigenvalue weighted by Gasteiger charge is -2.28. The molecule has 3 nitrogen and oxygen atoms in total. The van der Waals surface area contributed by atoms with Gasteiger partial charge in [0, 0.05) is 49.3 Å². The molecule has 1 heterocycles. The molecule has 1 N–H and O–H groups in total. The van der Waals surface area contributed by atoms with Crippen molar-refractivity contribution < 1.29 is 4.79 Å². The Hall–Kier alpha value is -2.72. The van der Waals surface area contributed by atoms with Gasteiger partial charge in [-0.1, -0.05) is 68.6 Å². The highest BCUT2D eigenvalue weighted by Crippen LogP contribution is 2.38. The van der Waals surface area contributed by atoms with Crippen molar-refractivity contribution in [3.63, 3.8) is 0 Å². The fourth-order valence-electron chi connectivity index (χ4n) is 3.51. The maximum absolute atomic E-state index is 11.1. The molecule has 0 aliphatic carbocycles. The van der Waals surface area contributed by atoms with Crippen molar-refractivity contribution in [2.24, 2.45) is 0 Å². The smallest absolute Gasteiger partial charge is 0.185 e. The quantitative estimate of drug-likeness (QED) is 0.621. The second-order valence-electron chi connectivity index (χ2n) is 8.08. The van der Waals surface area contributed by atoms with E-state index in [0.29, 0.717) is 0 Å². The maximum atomic E-state index is 11.1. The Labute approximate surface area is 184 Å². The van der Waals surface area contributed by atoms with Gasteiger partial charge in [0.25, 0.3) is 0 Å². The van der Waals surface area contributed by atoms with Gasteiger partial charge in [-0.2, -0.15) is 0 Å². The largest absolute Gasteiger partial charge is 0.374 e. The first-order valence-corrected chi connectivity index (χ1v) is 11.2. The first-order valence-electron chi connectivity index (χ1n) is 10.2. The van der Waals surface area contributed by atoms with E-state index in [1.807, 2.05) is 6.20 Å². The number of hydrogen-bond donors (Lipinski definition) is 1. The molecule has 0 amide bonds. The zero-order valence-corrected chi connectivity index (χ0v) is 19.1. The Morgan fingerprint density at radius 1 is 1.13 bits per heavy atom. The molecule has 1 aliphatic rings. The Bertz CT molecular complexity index is 986. The number of nitrogens with one attached hydrogen (secondary N) is 1. The van der Waals surface area contributed by atoms with Crippen LogP contribution < -0.4 is 10.2 Å². The third kappa shape index (κ3) is 5.06. The summed E-state index contributed by atoms with van der Waals surface area (Å²) in [7, 11) is 2.06. The van der Waals surface area contributed by atoms with Gasteiger partial charge in [0.1, 0.15) is 0 Å². The minimum Gasteiger partial charge on any atom is -0.374 e. The molecule has 0 bridgehead atoms. The van der Waals surface area contributed by atoms with Gasteiger partial charge < -0.3 is 10.2 Å². The highest BCUT2D eigenvalue weighted by Gasteiger charge is 2.26. The van der Waals surface area contributed by atoms with Crippen LogP contribution in [0.5, 0.6) is 0 Å². The molecule has 1 aliphatic heterocycles. The standard InChI is InChI=1S/C26H30N2OS/c1-19-18-22(14-15-27-25-9-7-6-8-24(25)26(19,3)4)21-10-12-23(13-11-21)28(5)16-17-30-20(2)29/h6-15,18,27H,1,16-17H2,2-5H3/b15-14-,22-18+. The number of carbonyl (C=O) groups is 1. The van der Waals surface area contributed by atoms with Gasteiger partial charge in [-0.3, -0.25) is 4.79 Å². The van der Waals surface area contributed by atoms with Gasteiger partial charge in [0.15, 0.2) is 5.12 Å². The summed E-state index contributed by atoms with van der Waals surface area (Å²) in [5.41, 5.74) is 6.63. The summed E-state index contributed by atoms with van der Waals surface area (Å²) >= 11 is 1.37. The summed E-state index contributed by atoms with van der Waals surface area (Å²) in [6.07, 6.45) is 6.28. The zero-order chi connectivity index (χ0) is 21.7. The molecule has 0 saturated carbocycles. The first kappa shape index (κ1) is 22.0. The second-order valence-corrected chi connectivity index (χ2v) is 9.35. The van der Waals surface area contributed by atoms with E-state index in [1.54, 1.807) is 6.92 Å². The van der Waals surface area contributed by atoms with Gasteiger partial charge in [-0.25, -0.2) is 0 Å². The van der Waals surface area contributed by atoms with Crippen molar-refractivity contribution >= 4 is 33.8 Å². The van der Waals surface area contributed by atoms with Crippen LogP contribution in [0.15, 0.2) is 79.0 Å². The predicted octanol–water partition coefficient (Wildman–Crippen LogP) is 6.26. The molecule has 156 valence electrons. The molecular weight excluding hydrogens is 388 g/mol. The summed E-state index contributed by atoms with van der Waals surface area (Å²) in [5, 5.41) is 3.61. The van der Waals surface area contributed by atoms with E-state index < -0.39 is 0 Å². The highest BCUT2D eigenvalue weighted by molar-refractivity contribution is 8.13. The summed E-state index contributed by atoms with van der Waals surface area (Å²) in [4.78, 5) is 13.3. The SMILES string of the molecule is C=C1/C=C(c2ccc(N(C)CCSC(C)=O)cc2)\C=C/Nc2ccccc2C1(C)C. The topological polar surface area (TPSA) is 32.3 Å². The molecule has 3 rings (SSSR count). The minimum absolute atomic E-state index is 0.164. The number of allylic oxidation sites excluding steroid dienone is 4. The number of hydrogen-bond acceptors (Lipinski definition) is 4. The van der Waals surface area contributed by atoms with Crippen LogP contribution in [0.1, 0.15) is 31.9 Å². The van der Waals surface area contributed by atoms with E-state index >= 15 is 0 Å².